The molecule has 8 heteroatoms. The first kappa shape index (κ1) is 20.9. The van der Waals surface area contributed by atoms with Crippen molar-refractivity contribution >= 4 is 17.5 Å². The SMILES string of the molecule is CCCn1c(SC(C)C(=O)c2ccc(OC)c(OC)c2)nnc1-c1ccncc1. The van der Waals surface area contributed by atoms with Crippen molar-refractivity contribution in [3.63, 3.8) is 0 Å². The number of carbonyl (C=O) groups excluding carboxylic acids is 1. The highest BCUT2D eigenvalue weighted by Crippen LogP contribution is 2.31. The van der Waals surface area contributed by atoms with Gasteiger partial charge in [0.25, 0.3) is 0 Å². The largest absolute Gasteiger partial charge is 0.493 e. The molecule has 0 saturated heterocycles. The van der Waals surface area contributed by atoms with E-state index in [0.29, 0.717) is 17.1 Å². The molecule has 0 aliphatic carbocycles. The van der Waals surface area contributed by atoms with Gasteiger partial charge in [-0.1, -0.05) is 18.7 Å². The van der Waals surface area contributed by atoms with Gasteiger partial charge in [-0.25, -0.2) is 0 Å². The lowest BCUT2D eigenvalue weighted by Gasteiger charge is -2.14. The van der Waals surface area contributed by atoms with Gasteiger partial charge in [0.2, 0.25) is 0 Å². The summed E-state index contributed by atoms with van der Waals surface area (Å²) in [5.74, 6) is 1.90. The van der Waals surface area contributed by atoms with Gasteiger partial charge in [-0.05, 0) is 43.7 Å². The van der Waals surface area contributed by atoms with Crippen molar-refractivity contribution in [3.05, 3.63) is 48.3 Å². The molecule has 3 aromatic rings. The fourth-order valence-corrected chi connectivity index (χ4v) is 3.90. The van der Waals surface area contributed by atoms with Crippen molar-refractivity contribution in [3.8, 4) is 22.9 Å². The van der Waals surface area contributed by atoms with Crippen molar-refractivity contribution in [1.82, 2.24) is 19.7 Å². The van der Waals surface area contributed by atoms with Crippen LogP contribution in [0.4, 0.5) is 0 Å². The molecule has 0 spiro atoms. The molecule has 0 saturated carbocycles. The van der Waals surface area contributed by atoms with Crippen LogP contribution in [0, 0.1) is 0 Å². The third kappa shape index (κ3) is 4.59. The summed E-state index contributed by atoms with van der Waals surface area (Å²) in [6.07, 6.45) is 4.40. The average Bonchev–Trinajstić information content (AvgIpc) is 3.15. The molecule has 3 rings (SSSR count). The van der Waals surface area contributed by atoms with Crippen LogP contribution in [0.25, 0.3) is 11.4 Å². The van der Waals surface area contributed by atoms with Gasteiger partial charge in [-0.15, -0.1) is 10.2 Å². The molecule has 152 valence electrons. The van der Waals surface area contributed by atoms with Gasteiger partial charge in [-0.3, -0.25) is 9.78 Å². The topological polar surface area (TPSA) is 79.1 Å². The van der Waals surface area contributed by atoms with Crippen molar-refractivity contribution in [1.29, 1.82) is 0 Å². The lowest BCUT2D eigenvalue weighted by molar-refractivity contribution is 0.0993. The highest BCUT2D eigenvalue weighted by molar-refractivity contribution is 8.00. The molecule has 0 fully saturated rings. The molecule has 1 atom stereocenters. The smallest absolute Gasteiger partial charge is 0.192 e. The number of hydrogen-bond acceptors (Lipinski definition) is 7. The first-order valence-corrected chi connectivity index (χ1v) is 10.2. The Labute approximate surface area is 174 Å². The number of aromatic nitrogens is 4. The zero-order valence-electron chi connectivity index (χ0n) is 17.0. The van der Waals surface area contributed by atoms with E-state index in [-0.39, 0.29) is 11.0 Å². The summed E-state index contributed by atoms with van der Waals surface area (Å²) in [7, 11) is 3.12. The third-order valence-electron chi connectivity index (χ3n) is 4.42. The third-order valence-corrected chi connectivity index (χ3v) is 5.50. The second kappa shape index (κ2) is 9.56. The number of methoxy groups -OCH3 is 2. The molecule has 29 heavy (non-hydrogen) atoms. The fraction of sp³-hybridized carbons (Fsp3) is 0.333. The number of carbonyl (C=O) groups is 1. The Morgan fingerprint density at radius 2 is 1.83 bits per heavy atom. The maximum atomic E-state index is 13.0. The van der Waals surface area contributed by atoms with E-state index in [4.69, 9.17) is 9.47 Å². The number of ketones is 1. The van der Waals surface area contributed by atoms with Gasteiger partial charge >= 0.3 is 0 Å². The summed E-state index contributed by atoms with van der Waals surface area (Å²) < 4.78 is 12.6. The van der Waals surface area contributed by atoms with Crippen LogP contribution in [0.3, 0.4) is 0 Å². The van der Waals surface area contributed by atoms with E-state index in [1.54, 1.807) is 44.8 Å². The van der Waals surface area contributed by atoms with E-state index >= 15 is 0 Å². The summed E-state index contributed by atoms with van der Waals surface area (Å²) in [6.45, 7) is 4.74. The number of pyridine rings is 1. The molecule has 0 amide bonds. The van der Waals surface area contributed by atoms with Crippen LogP contribution in [-0.4, -0.2) is 45.0 Å². The standard InChI is InChI=1S/C21H24N4O3S/c1-5-12-25-20(15-8-10-22-11-9-15)23-24-21(25)29-14(2)19(26)16-6-7-17(27-3)18(13-16)28-4/h6-11,13-14H,5,12H2,1-4H3. The van der Waals surface area contributed by atoms with E-state index < -0.39 is 0 Å². The number of hydrogen-bond donors (Lipinski definition) is 0. The molecule has 0 aliphatic rings. The predicted octanol–water partition coefficient (Wildman–Crippen LogP) is 4.13. The van der Waals surface area contributed by atoms with Crippen LogP contribution < -0.4 is 9.47 Å². The van der Waals surface area contributed by atoms with Gasteiger partial charge in [0.15, 0.2) is 28.3 Å². The summed E-state index contributed by atoms with van der Waals surface area (Å²) in [4.78, 5) is 17.0. The van der Waals surface area contributed by atoms with Crippen molar-refractivity contribution in [2.75, 3.05) is 14.2 Å². The number of Topliss-reactive ketones (excluding diaryl/α,β-unsaturated/α-hetero) is 1. The van der Waals surface area contributed by atoms with Crippen molar-refractivity contribution in [2.24, 2.45) is 0 Å². The Kier molecular flexibility index (Phi) is 6.87. The minimum atomic E-state index is -0.335. The van der Waals surface area contributed by atoms with Gasteiger partial charge in [0.1, 0.15) is 0 Å². The van der Waals surface area contributed by atoms with Crippen LogP contribution in [0.2, 0.25) is 0 Å². The molecule has 7 nitrogen and oxygen atoms in total. The first-order chi connectivity index (χ1) is 14.1. The molecule has 1 aromatic carbocycles. The minimum Gasteiger partial charge on any atom is -0.493 e. The van der Waals surface area contributed by atoms with Crippen LogP contribution in [0.1, 0.15) is 30.6 Å². The van der Waals surface area contributed by atoms with Crippen molar-refractivity contribution < 1.29 is 14.3 Å². The molecule has 0 bridgehead atoms. The Bertz CT molecular complexity index is 975. The normalized spacial score (nSPS) is 11.9. The maximum absolute atomic E-state index is 13.0. The van der Waals surface area contributed by atoms with E-state index in [0.717, 1.165) is 29.5 Å². The average molecular weight is 413 g/mol. The van der Waals surface area contributed by atoms with Gasteiger partial charge in [0, 0.05) is 30.1 Å². The van der Waals surface area contributed by atoms with E-state index in [1.807, 2.05) is 19.1 Å². The Morgan fingerprint density at radius 1 is 1.10 bits per heavy atom. The fourth-order valence-electron chi connectivity index (χ4n) is 2.95. The summed E-state index contributed by atoms with van der Waals surface area (Å²) in [5, 5.41) is 9.09. The van der Waals surface area contributed by atoms with E-state index in [2.05, 4.69) is 26.7 Å². The number of ether oxygens (including phenoxy) is 2. The highest BCUT2D eigenvalue weighted by Gasteiger charge is 2.22. The summed E-state index contributed by atoms with van der Waals surface area (Å²) >= 11 is 1.40. The number of thioether (sulfide) groups is 1. The molecular weight excluding hydrogens is 388 g/mol. The minimum absolute atomic E-state index is 0.00698. The predicted molar refractivity (Wildman–Crippen MR) is 113 cm³/mol. The highest BCUT2D eigenvalue weighted by atomic mass is 32.2. The van der Waals surface area contributed by atoms with Crippen LogP contribution in [0.5, 0.6) is 11.5 Å². The quantitative estimate of drug-likeness (QED) is 0.386. The van der Waals surface area contributed by atoms with E-state index in [9.17, 15) is 4.79 Å². The molecular formula is C21H24N4O3S. The monoisotopic (exact) mass is 412 g/mol. The lowest BCUT2D eigenvalue weighted by Crippen LogP contribution is -2.15. The number of rotatable bonds is 9. The van der Waals surface area contributed by atoms with Crippen LogP contribution in [0.15, 0.2) is 47.9 Å². The van der Waals surface area contributed by atoms with Crippen LogP contribution in [-0.2, 0) is 6.54 Å². The zero-order valence-corrected chi connectivity index (χ0v) is 17.8. The molecule has 1 unspecified atom stereocenters. The van der Waals surface area contributed by atoms with Crippen molar-refractivity contribution in [2.45, 2.75) is 37.2 Å². The molecule has 0 aliphatic heterocycles. The number of nitrogens with zero attached hydrogens (tertiary/aromatic N) is 4. The first-order valence-electron chi connectivity index (χ1n) is 9.35. The van der Waals surface area contributed by atoms with Gasteiger partial charge in [0.05, 0.1) is 19.5 Å². The summed E-state index contributed by atoms with van der Waals surface area (Å²) in [5.41, 5.74) is 1.52. The molecule has 0 N–H and O–H groups in total. The second-order valence-electron chi connectivity index (χ2n) is 6.39. The summed E-state index contributed by atoms with van der Waals surface area (Å²) in [6, 6.07) is 9.01. The molecule has 0 radical (unpaired) electrons. The van der Waals surface area contributed by atoms with Gasteiger partial charge in [-0.2, -0.15) is 0 Å². The van der Waals surface area contributed by atoms with E-state index in [1.165, 1.54) is 11.8 Å². The lowest BCUT2D eigenvalue weighted by atomic mass is 10.1. The maximum Gasteiger partial charge on any atom is 0.192 e. The Morgan fingerprint density at radius 3 is 2.48 bits per heavy atom. The van der Waals surface area contributed by atoms with Crippen LogP contribution >= 0.6 is 11.8 Å². The Balaban J connectivity index is 1.84. The number of benzene rings is 1. The second-order valence-corrected chi connectivity index (χ2v) is 7.70. The zero-order chi connectivity index (χ0) is 20.8. The Hall–Kier alpha value is -2.87. The van der Waals surface area contributed by atoms with Gasteiger partial charge < -0.3 is 14.0 Å². The molecule has 2 aromatic heterocycles. The molecule has 2 heterocycles.